The highest BCUT2D eigenvalue weighted by atomic mass is 16.3. The number of benzene rings is 1. The average Bonchev–Trinajstić information content (AvgIpc) is 2.25. The largest absolute Gasteiger partial charge is 0.299 e. The monoisotopic (exact) mass is 220 g/mol. The van der Waals surface area contributed by atoms with E-state index in [2.05, 4.69) is 5.18 Å². The minimum Gasteiger partial charge on any atom is -0.299 e. The van der Waals surface area contributed by atoms with E-state index in [1.54, 1.807) is 19.1 Å². The molecular formula is C12H16N2O2. The smallest absolute Gasteiger partial charge is 0.147 e. The predicted octanol–water partition coefficient (Wildman–Crippen LogP) is 2.15. The van der Waals surface area contributed by atoms with Gasteiger partial charge in [0.15, 0.2) is 0 Å². The van der Waals surface area contributed by atoms with Gasteiger partial charge in [-0.05, 0) is 50.3 Å². The van der Waals surface area contributed by atoms with Crippen molar-refractivity contribution in [2.75, 3.05) is 14.1 Å². The number of carbonyl (C=O) groups excluding carboxylic acids is 1. The van der Waals surface area contributed by atoms with Gasteiger partial charge in [0.1, 0.15) is 11.5 Å². The number of nitroso groups, excluding NO2 is 1. The third-order valence-electron chi connectivity index (χ3n) is 2.56. The molecule has 16 heavy (non-hydrogen) atoms. The molecule has 1 aromatic carbocycles. The van der Waals surface area contributed by atoms with Crippen LogP contribution < -0.4 is 0 Å². The highest BCUT2D eigenvalue weighted by Crippen LogP contribution is 2.14. The summed E-state index contributed by atoms with van der Waals surface area (Å²) >= 11 is 0. The van der Waals surface area contributed by atoms with E-state index < -0.39 is 0 Å². The van der Waals surface area contributed by atoms with Crippen molar-refractivity contribution in [3.63, 3.8) is 0 Å². The lowest BCUT2D eigenvalue weighted by molar-refractivity contribution is -0.121. The lowest BCUT2D eigenvalue weighted by atomic mass is 10.0. The van der Waals surface area contributed by atoms with Crippen LogP contribution in [-0.2, 0) is 11.2 Å². The Morgan fingerprint density at radius 3 is 2.25 bits per heavy atom. The Balaban J connectivity index is 2.77. The van der Waals surface area contributed by atoms with Crippen molar-refractivity contribution in [1.29, 1.82) is 0 Å². The van der Waals surface area contributed by atoms with Crippen molar-refractivity contribution in [1.82, 2.24) is 4.90 Å². The molecule has 0 bridgehead atoms. The summed E-state index contributed by atoms with van der Waals surface area (Å²) in [4.78, 5) is 23.5. The summed E-state index contributed by atoms with van der Waals surface area (Å²) in [7, 11) is 3.76. The molecule has 0 aromatic heterocycles. The summed E-state index contributed by atoms with van der Waals surface area (Å²) in [6, 6.07) is 6.87. The van der Waals surface area contributed by atoms with Gasteiger partial charge in [-0.15, -0.1) is 4.91 Å². The van der Waals surface area contributed by atoms with Crippen LogP contribution in [-0.4, -0.2) is 30.8 Å². The number of hydrogen-bond acceptors (Lipinski definition) is 4. The van der Waals surface area contributed by atoms with Crippen LogP contribution in [0.25, 0.3) is 0 Å². The van der Waals surface area contributed by atoms with Gasteiger partial charge in [0.2, 0.25) is 0 Å². The maximum atomic E-state index is 11.4. The Labute approximate surface area is 95.2 Å². The van der Waals surface area contributed by atoms with Crippen LogP contribution in [0.2, 0.25) is 0 Å². The second kappa shape index (κ2) is 5.51. The quantitative estimate of drug-likeness (QED) is 0.714. The molecule has 0 fully saturated rings. The number of rotatable bonds is 5. The number of likely N-dealkylation sites (N-methyl/N-ethyl adjacent to an activating group) is 1. The van der Waals surface area contributed by atoms with Crippen LogP contribution in [0, 0.1) is 4.91 Å². The lowest BCUT2D eigenvalue weighted by Gasteiger charge is -2.21. The fourth-order valence-electron chi connectivity index (χ4n) is 1.61. The maximum Gasteiger partial charge on any atom is 0.147 e. The van der Waals surface area contributed by atoms with E-state index in [1.807, 2.05) is 31.1 Å². The summed E-state index contributed by atoms with van der Waals surface area (Å²) in [6.07, 6.45) is 0.654. The molecule has 1 aromatic rings. The molecule has 1 atom stereocenters. The van der Waals surface area contributed by atoms with Crippen molar-refractivity contribution >= 4 is 11.5 Å². The van der Waals surface area contributed by atoms with Crippen molar-refractivity contribution in [2.45, 2.75) is 19.4 Å². The first kappa shape index (κ1) is 12.5. The molecule has 0 saturated carbocycles. The first-order valence-corrected chi connectivity index (χ1v) is 5.13. The zero-order chi connectivity index (χ0) is 12.1. The van der Waals surface area contributed by atoms with Crippen molar-refractivity contribution in [3.8, 4) is 0 Å². The van der Waals surface area contributed by atoms with Crippen molar-refractivity contribution in [2.24, 2.45) is 5.18 Å². The van der Waals surface area contributed by atoms with E-state index in [4.69, 9.17) is 0 Å². The summed E-state index contributed by atoms with van der Waals surface area (Å²) in [5.74, 6) is 0.141. The highest BCUT2D eigenvalue weighted by molar-refractivity contribution is 5.81. The van der Waals surface area contributed by atoms with Gasteiger partial charge in [0.05, 0.1) is 6.04 Å². The average molecular weight is 220 g/mol. The topological polar surface area (TPSA) is 49.7 Å². The molecule has 0 unspecified atom stereocenters. The number of ketones is 1. The van der Waals surface area contributed by atoms with Gasteiger partial charge in [-0.1, -0.05) is 12.1 Å². The fourth-order valence-corrected chi connectivity index (χ4v) is 1.61. The van der Waals surface area contributed by atoms with Crippen LogP contribution in [0.5, 0.6) is 0 Å². The molecule has 4 heteroatoms. The molecular weight excluding hydrogens is 204 g/mol. The molecule has 0 amide bonds. The molecule has 0 aliphatic rings. The Hall–Kier alpha value is -1.55. The molecule has 4 nitrogen and oxygen atoms in total. The number of Topliss-reactive ketones (excluding diaryl/α,β-unsaturated/α-hetero) is 1. The molecule has 0 aliphatic heterocycles. The normalized spacial score (nSPS) is 12.5. The van der Waals surface area contributed by atoms with Gasteiger partial charge in [-0.25, -0.2) is 0 Å². The second-order valence-electron chi connectivity index (χ2n) is 4.05. The summed E-state index contributed by atoms with van der Waals surface area (Å²) in [5.41, 5.74) is 1.44. The molecule has 0 aliphatic carbocycles. The molecule has 0 saturated heterocycles. The standard InChI is InChI=1S/C12H16N2O2/c1-9(15)12(14(2)3)8-10-4-6-11(13-16)7-5-10/h4-7,12H,8H2,1-3H3/t12-/m0/s1. The van der Waals surface area contributed by atoms with Crippen molar-refractivity contribution in [3.05, 3.63) is 34.7 Å². The van der Waals surface area contributed by atoms with Gasteiger partial charge in [0.25, 0.3) is 0 Å². The molecule has 0 spiro atoms. The molecule has 1 rings (SSSR count). The van der Waals surface area contributed by atoms with Gasteiger partial charge >= 0.3 is 0 Å². The summed E-state index contributed by atoms with van der Waals surface area (Å²) < 4.78 is 0. The predicted molar refractivity (Wildman–Crippen MR) is 63.8 cm³/mol. The third kappa shape index (κ3) is 3.24. The number of carbonyl (C=O) groups is 1. The maximum absolute atomic E-state index is 11.4. The van der Waals surface area contributed by atoms with E-state index >= 15 is 0 Å². The first-order chi connectivity index (χ1) is 7.54. The molecule has 86 valence electrons. The van der Waals surface area contributed by atoms with Crippen LogP contribution in [0.1, 0.15) is 12.5 Å². The molecule has 0 heterocycles. The van der Waals surface area contributed by atoms with E-state index in [9.17, 15) is 9.70 Å². The Morgan fingerprint density at radius 2 is 1.88 bits per heavy atom. The van der Waals surface area contributed by atoms with E-state index in [0.717, 1.165) is 5.56 Å². The van der Waals surface area contributed by atoms with Gasteiger partial charge in [-0.3, -0.25) is 9.69 Å². The lowest BCUT2D eigenvalue weighted by Crippen LogP contribution is -2.36. The Kier molecular flexibility index (Phi) is 4.31. The van der Waals surface area contributed by atoms with Gasteiger partial charge < -0.3 is 0 Å². The van der Waals surface area contributed by atoms with Gasteiger partial charge in [0, 0.05) is 0 Å². The van der Waals surface area contributed by atoms with Crippen molar-refractivity contribution < 1.29 is 4.79 Å². The van der Waals surface area contributed by atoms with E-state index in [1.165, 1.54) is 0 Å². The zero-order valence-electron chi connectivity index (χ0n) is 9.80. The molecule has 0 N–H and O–H groups in total. The minimum absolute atomic E-state index is 0.116. The summed E-state index contributed by atoms with van der Waals surface area (Å²) in [6.45, 7) is 1.59. The third-order valence-corrected chi connectivity index (χ3v) is 2.56. The van der Waals surface area contributed by atoms with Crippen LogP contribution in [0.3, 0.4) is 0 Å². The number of nitrogens with zero attached hydrogens (tertiary/aromatic N) is 2. The zero-order valence-corrected chi connectivity index (χ0v) is 9.80. The van der Waals surface area contributed by atoms with Crippen LogP contribution >= 0.6 is 0 Å². The first-order valence-electron chi connectivity index (χ1n) is 5.13. The summed E-state index contributed by atoms with van der Waals surface area (Å²) in [5, 5.41) is 2.83. The molecule has 0 radical (unpaired) electrons. The second-order valence-corrected chi connectivity index (χ2v) is 4.05. The fraction of sp³-hybridized carbons (Fsp3) is 0.417. The van der Waals surface area contributed by atoms with E-state index in [0.29, 0.717) is 12.1 Å². The Bertz CT molecular complexity index is 371. The van der Waals surface area contributed by atoms with Gasteiger partial charge in [-0.2, -0.15) is 0 Å². The number of hydrogen-bond donors (Lipinski definition) is 0. The van der Waals surface area contributed by atoms with Crippen LogP contribution in [0.15, 0.2) is 29.4 Å². The SMILES string of the molecule is CC(=O)[C@H](Cc1ccc(N=O)cc1)N(C)C. The minimum atomic E-state index is -0.116. The highest BCUT2D eigenvalue weighted by Gasteiger charge is 2.16. The van der Waals surface area contributed by atoms with E-state index in [-0.39, 0.29) is 11.8 Å². The Morgan fingerprint density at radius 1 is 1.31 bits per heavy atom. The van der Waals surface area contributed by atoms with Crippen LogP contribution in [0.4, 0.5) is 5.69 Å².